The van der Waals surface area contributed by atoms with Crippen LogP contribution >= 0.6 is 0 Å². The minimum atomic E-state index is -0.941. The third kappa shape index (κ3) is 4.77. The Morgan fingerprint density at radius 3 is 2.26 bits per heavy atom. The Kier molecular flexibility index (Phi) is 6.01. The molecule has 0 unspecified atom stereocenters. The maximum Gasteiger partial charge on any atom is 0.335 e. The number of rotatable bonds is 7. The summed E-state index contributed by atoms with van der Waals surface area (Å²) in [5.41, 5.74) is 6.12. The largest absolute Gasteiger partial charge is 0.478 e. The van der Waals surface area contributed by atoms with Crippen molar-refractivity contribution in [2.45, 2.75) is 6.54 Å². The van der Waals surface area contributed by atoms with E-state index in [1.54, 1.807) is 36.7 Å². The second-order valence-electron chi connectivity index (χ2n) is 8.05. The minimum absolute atomic E-state index is 0.259. The van der Waals surface area contributed by atoms with Crippen LogP contribution < -0.4 is 5.32 Å². The average Bonchev–Trinajstić information content (AvgIpc) is 2.92. The van der Waals surface area contributed by atoms with Crippen molar-refractivity contribution in [1.29, 1.82) is 0 Å². The fourth-order valence-corrected chi connectivity index (χ4v) is 3.84. The lowest BCUT2D eigenvalue weighted by Gasteiger charge is -2.13. The highest BCUT2D eigenvalue weighted by Gasteiger charge is 2.11. The summed E-state index contributed by atoms with van der Waals surface area (Å²) >= 11 is 0. The molecule has 6 nitrogen and oxygen atoms in total. The van der Waals surface area contributed by atoms with Crippen molar-refractivity contribution in [2.24, 2.45) is 0 Å². The van der Waals surface area contributed by atoms with E-state index in [0.29, 0.717) is 18.2 Å². The van der Waals surface area contributed by atoms with Crippen molar-refractivity contribution < 1.29 is 9.90 Å². The molecule has 0 radical (unpaired) electrons. The van der Waals surface area contributed by atoms with E-state index in [2.05, 4.69) is 41.1 Å². The first-order valence-electron chi connectivity index (χ1n) is 11.1. The van der Waals surface area contributed by atoms with Gasteiger partial charge in [0.2, 0.25) is 0 Å². The number of nitrogens with one attached hydrogen (secondary N) is 1. The van der Waals surface area contributed by atoms with Crippen LogP contribution in [-0.4, -0.2) is 26.0 Å². The standard InChI is InChI=1S/C29H22N4O2/c1-2-19-3-7-21(8-4-19)24-11-12-25-26(17-24)32-27(22-13-15-30-16-14-22)33-28(25)31-18-20-5-9-23(10-6-20)29(34)35/h2-17H,1,18H2,(H,34,35)(H,31,32,33). The molecule has 5 rings (SSSR count). The number of nitrogens with zero attached hydrogens (tertiary/aromatic N) is 3. The summed E-state index contributed by atoms with van der Waals surface area (Å²) in [5.74, 6) is 0.365. The van der Waals surface area contributed by atoms with Crippen LogP contribution in [0.25, 0.3) is 39.5 Å². The maximum absolute atomic E-state index is 11.1. The van der Waals surface area contributed by atoms with E-state index in [9.17, 15) is 4.79 Å². The van der Waals surface area contributed by atoms with Crippen LogP contribution in [-0.2, 0) is 6.54 Å². The molecule has 5 aromatic rings. The summed E-state index contributed by atoms with van der Waals surface area (Å²) in [4.78, 5) is 24.9. The molecule has 0 amide bonds. The summed E-state index contributed by atoms with van der Waals surface area (Å²) in [6.45, 7) is 4.31. The summed E-state index contributed by atoms with van der Waals surface area (Å²) in [6, 6.07) is 24.9. The van der Waals surface area contributed by atoms with Crippen molar-refractivity contribution in [2.75, 3.05) is 5.32 Å². The average molecular weight is 459 g/mol. The van der Waals surface area contributed by atoms with Gasteiger partial charge in [-0.2, -0.15) is 0 Å². The molecule has 0 aliphatic rings. The molecule has 35 heavy (non-hydrogen) atoms. The van der Waals surface area contributed by atoms with Gasteiger partial charge in [0.15, 0.2) is 5.82 Å². The Morgan fingerprint density at radius 1 is 0.857 bits per heavy atom. The maximum atomic E-state index is 11.1. The predicted molar refractivity (Wildman–Crippen MR) is 139 cm³/mol. The van der Waals surface area contributed by atoms with Gasteiger partial charge in [-0.15, -0.1) is 0 Å². The number of fused-ring (bicyclic) bond motifs is 1. The lowest BCUT2D eigenvalue weighted by molar-refractivity contribution is 0.0697. The summed E-state index contributed by atoms with van der Waals surface area (Å²) in [5, 5.41) is 13.4. The van der Waals surface area contributed by atoms with Gasteiger partial charge in [-0.05, 0) is 58.7 Å². The van der Waals surface area contributed by atoms with Gasteiger partial charge in [0.1, 0.15) is 5.82 Å². The van der Waals surface area contributed by atoms with Gasteiger partial charge in [0.05, 0.1) is 11.1 Å². The van der Waals surface area contributed by atoms with E-state index in [-0.39, 0.29) is 5.56 Å². The van der Waals surface area contributed by atoms with Gasteiger partial charge >= 0.3 is 5.97 Å². The quantitative estimate of drug-likeness (QED) is 0.297. The van der Waals surface area contributed by atoms with Crippen LogP contribution in [0.15, 0.2) is 97.8 Å². The predicted octanol–water partition coefficient (Wildman–Crippen LogP) is 6.31. The number of aromatic nitrogens is 3. The number of hydrogen-bond acceptors (Lipinski definition) is 5. The molecular weight excluding hydrogens is 436 g/mol. The number of carbonyl (C=O) groups is 1. The number of pyridine rings is 1. The second kappa shape index (κ2) is 9.57. The molecule has 0 saturated carbocycles. The number of carboxylic acids is 1. The number of anilines is 1. The van der Waals surface area contributed by atoms with Crippen LogP contribution in [0.1, 0.15) is 21.5 Å². The fraction of sp³-hybridized carbons (Fsp3) is 0.0345. The van der Waals surface area contributed by atoms with E-state index in [1.807, 2.05) is 36.4 Å². The third-order valence-electron chi connectivity index (χ3n) is 5.78. The summed E-state index contributed by atoms with van der Waals surface area (Å²) in [7, 11) is 0. The zero-order valence-electron chi connectivity index (χ0n) is 18.8. The van der Waals surface area contributed by atoms with Gasteiger partial charge in [-0.25, -0.2) is 14.8 Å². The molecule has 0 atom stereocenters. The van der Waals surface area contributed by atoms with Crippen LogP contribution in [0.4, 0.5) is 5.82 Å². The normalized spacial score (nSPS) is 10.7. The first-order valence-corrected chi connectivity index (χ1v) is 11.1. The Bertz CT molecular complexity index is 1510. The smallest absolute Gasteiger partial charge is 0.335 e. The third-order valence-corrected chi connectivity index (χ3v) is 5.78. The Labute approximate surface area is 202 Å². The van der Waals surface area contributed by atoms with Crippen LogP contribution in [0.5, 0.6) is 0 Å². The molecule has 0 aliphatic carbocycles. The molecule has 6 heteroatoms. The van der Waals surface area contributed by atoms with Crippen molar-refractivity contribution >= 4 is 28.8 Å². The minimum Gasteiger partial charge on any atom is -0.478 e. The van der Waals surface area contributed by atoms with E-state index in [4.69, 9.17) is 15.1 Å². The van der Waals surface area contributed by atoms with Crippen molar-refractivity contribution in [3.05, 3.63) is 115 Å². The van der Waals surface area contributed by atoms with Crippen molar-refractivity contribution in [1.82, 2.24) is 15.0 Å². The summed E-state index contributed by atoms with van der Waals surface area (Å²) in [6.07, 6.45) is 5.26. The summed E-state index contributed by atoms with van der Waals surface area (Å²) < 4.78 is 0. The van der Waals surface area contributed by atoms with Gasteiger partial charge in [0.25, 0.3) is 0 Å². The van der Waals surface area contributed by atoms with E-state index < -0.39 is 5.97 Å². The second-order valence-corrected chi connectivity index (χ2v) is 8.05. The highest BCUT2D eigenvalue weighted by molar-refractivity contribution is 5.93. The van der Waals surface area contributed by atoms with Crippen molar-refractivity contribution in [3.63, 3.8) is 0 Å². The molecule has 0 spiro atoms. The number of carboxylic acid groups (broad SMARTS) is 1. The van der Waals surface area contributed by atoms with Gasteiger partial charge in [-0.1, -0.05) is 55.1 Å². The van der Waals surface area contributed by atoms with Crippen LogP contribution in [0, 0.1) is 0 Å². The molecular formula is C29H22N4O2. The zero-order valence-corrected chi connectivity index (χ0v) is 18.8. The van der Waals surface area contributed by atoms with Gasteiger partial charge < -0.3 is 10.4 Å². The Hall–Kier alpha value is -4.84. The number of aromatic carboxylic acids is 1. The number of benzene rings is 3. The molecule has 2 N–H and O–H groups in total. The Balaban J connectivity index is 1.54. The van der Waals surface area contributed by atoms with Crippen molar-refractivity contribution in [3.8, 4) is 22.5 Å². The highest BCUT2D eigenvalue weighted by Crippen LogP contribution is 2.30. The molecule has 2 aromatic heterocycles. The highest BCUT2D eigenvalue weighted by atomic mass is 16.4. The lowest BCUT2D eigenvalue weighted by Crippen LogP contribution is -2.05. The van der Waals surface area contributed by atoms with Gasteiger partial charge in [0, 0.05) is 29.9 Å². The molecule has 0 fully saturated rings. The van der Waals surface area contributed by atoms with E-state index >= 15 is 0 Å². The van der Waals surface area contributed by atoms with Crippen LogP contribution in [0.2, 0.25) is 0 Å². The lowest BCUT2D eigenvalue weighted by atomic mass is 10.0. The first kappa shape index (κ1) is 22.0. The molecule has 0 bridgehead atoms. The molecule has 0 aliphatic heterocycles. The van der Waals surface area contributed by atoms with E-state index in [0.717, 1.165) is 38.7 Å². The fourth-order valence-electron chi connectivity index (χ4n) is 3.84. The van der Waals surface area contributed by atoms with Crippen LogP contribution in [0.3, 0.4) is 0 Å². The van der Waals surface area contributed by atoms with E-state index in [1.165, 1.54) is 0 Å². The molecule has 2 heterocycles. The molecule has 170 valence electrons. The topological polar surface area (TPSA) is 88.0 Å². The first-order chi connectivity index (χ1) is 17.1. The zero-order chi connectivity index (χ0) is 24.2. The SMILES string of the molecule is C=Cc1ccc(-c2ccc3c(NCc4ccc(C(=O)O)cc4)nc(-c4ccncc4)nc3c2)cc1. The van der Waals surface area contributed by atoms with Gasteiger partial charge in [-0.3, -0.25) is 4.98 Å². The molecule has 0 saturated heterocycles. The molecule has 3 aromatic carbocycles. The Morgan fingerprint density at radius 2 is 1.57 bits per heavy atom. The number of hydrogen-bond donors (Lipinski definition) is 2. The monoisotopic (exact) mass is 458 g/mol.